The fourth-order valence-corrected chi connectivity index (χ4v) is 5.29. The number of imidazole rings is 1. The SMILES string of the molecule is CCOC(=O)c1sc(N2CCC(NC(=O)c3nc(Cl)c(CC)[nH]3)C(OCC)C2)nc1C(=O)NCCNC(C)=O. The maximum Gasteiger partial charge on any atom is 0.350 e. The maximum atomic E-state index is 12.8. The van der Waals surface area contributed by atoms with Gasteiger partial charge in [0.25, 0.3) is 11.8 Å². The number of aromatic nitrogens is 3. The number of anilines is 1. The van der Waals surface area contributed by atoms with Crippen molar-refractivity contribution in [1.29, 1.82) is 0 Å². The summed E-state index contributed by atoms with van der Waals surface area (Å²) in [5.41, 5.74) is 0.648. The number of aryl methyl sites for hydroxylation is 1. The number of nitrogens with one attached hydrogen (secondary N) is 4. The molecule has 0 bridgehead atoms. The first-order chi connectivity index (χ1) is 18.7. The fourth-order valence-electron chi connectivity index (χ4n) is 4.04. The van der Waals surface area contributed by atoms with E-state index in [2.05, 4.69) is 30.9 Å². The monoisotopic (exact) mass is 583 g/mol. The van der Waals surface area contributed by atoms with Crippen LogP contribution < -0.4 is 20.9 Å². The molecule has 2 atom stereocenters. The van der Waals surface area contributed by atoms with Crippen molar-refractivity contribution in [2.75, 3.05) is 44.3 Å². The molecule has 0 aliphatic carbocycles. The van der Waals surface area contributed by atoms with Gasteiger partial charge in [0.15, 0.2) is 21.8 Å². The molecular weight excluding hydrogens is 550 g/mol. The summed E-state index contributed by atoms with van der Waals surface area (Å²) in [6.07, 6.45) is 0.766. The molecule has 2 aromatic heterocycles. The van der Waals surface area contributed by atoms with E-state index in [1.54, 1.807) is 6.92 Å². The summed E-state index contributed by atoms with van der Waals surface area (Å²) in [6, 6.07) is -0.302. The predicted molar refractivity (Wildman–Crippen MR) is 146 cm³/mol. The summed E-state index contributed by atoms with van der Waals surface area (Å²) in [7, 11) is 0. The van der Waals surface area contributed by atoms with Crippen LogP contribution in [0.25, 0.3) is 0 Å². The number of thiazole rings is 1. The summed E-state index contributed by atoms with van der Waals surface area (Å²) in [5.74, 6) is -1.63. The van der Waals surface area contributed by atoms with Gasteiger partial charge in [-0.3, -0.25) is 14.4 Å². The first-order valence-electron chi connectivity index (χ1n) is 12.8. The zero-order valence-corrected chi connectivity index (χ0v) is 24.0. The molecule has 1 aliphatic heterocycles. The predicted octanol–water partition coefficient (Wildman–Crippen LogP) is 1.54. The van der Waals surface area contributed by atoms with Crippen molar-refractivity contribution in [2.24, 2.45) is 0 Å². The average molecular weight is 584 g/mol. The van der Waals surface area contributed by atoms with Crippen molar-refractivity contribution >= 4 is 51.8 Å². The number of hydrogen-bond donors (Lipinski definition) is 4. The third-order valence-electron chi connectivity index (χ3n) is 5.90. The van der Waals surface area contributed by atoms with Gasteiger partial charge in [0.2, 0.25) is 5.91 Å². The number of carbonyl (C=O) groups excluding carboxylic acids is 4. The maximum absolute atomic E-state index is 12.8. The highest BCUT2D eigenvalue weighted by Gasteiger charge is 2.35. The number of halogens is 1. The zero-order valence-electron chi connectivity index (χ0n) is 22.4. The Labute approximate surface area is 235 Å². The molecule has 1 aliphatic rings. The Balaban J connectivity index is 1.74. The van der Waals surface area contributed by atoms with Crippen molar-refractivity contribution in [2.45, 2.75) is 52.7 Å². The lowest BCUT2D eigenvalue weighted by molar-refractivity contribution is -0.118. The standard InChI is InChI=1S/C24H34ClN7O6S/c1-5-14-19(25)31-20(28-14)22(35)29-15-8-11-32(12-16(15)37-6-2)24-30-17(18(39-24)23(36)38-7-3)21(34)27-10-9-26-13(4)33/h15-16H,5-12H2,1-4H3,(H,26,33)(H,27,34)(H,28,31)(H,29,35). The fraction of sp³-hybridized carbons (Fsp3) is 0.583. The van der Waals surface area contributed by atoms with Crippen LogP contribution in [-0.2, 0) is 20.7 Å². The molecule has 3 rings (SSSR count). The normalized spacial score (nSPS) is 17.0. The summed E-state index contributed by atoms with van der Waals surface area (Å²) < 4.78 is 11.1. The van der Waals surface area contributed by atoms with Crippen LogP contribution in [0.4, 0.5) is 5.13 Å². The average Bonchev–Trinajstić information content (AvgIpc) is 3.52. The number of hydrogen-bond acceptors (Lipinski definition) is 10. The summed E-state index contributed by atoms with van der Waals surface area (Å²) in [4.78, 5) is 62.9. The second kappa shape index (κ2) is 14.2. The lowest BCUT2D eigenvalue weighted by Gasteiger charge is -2.38. The molecule has 2 aromatic rings. The molecular formula is C24H34ClN7O6S. The molecule has 3 amide bonds. The topological polar surface area (TPSA) is 168 Å². The van der Waals surface area contributed by atoms with Gasteiger partial charge in [-0.15, -0.1) is 0 Å². The largest absolute Gasteiger partial charge is 0.462 e. The number of nitrogens with zero attached hydrogens (tertiary/aromatic N) is 3. The van der Waals surface area contributed by atoms with Gasteiger partial charge >= 0.3 is 5.97 Å². The van der Waals surface area contributed by atoms with Gasteiger partial charge in [-0.05, 0) is 26.7 Å². The van der Waals surface area contributed by atoms with Crippen molar-refractivity contribution < 1.29 is 28.7 Å². The van der Waals surface area contributed by atoms with Crippen LogP contribution in [0.15, 0.2) is 0 Å². The molecule has 0 spiro atoms. The van der Waals surface area contributed by atoms with Crippen molar-refractivity contribution in [1.82, 2.24) is 30.9 Å². The molecule has 1 saturated heterocycles. The van der Waals surface area contributed by atoms with E-state index >= 15 is 0 Å². The van der Waals surface area contributed by atoms with Gasteiger partial charge in [0.05, 0.1) is 24.4 Å². The molecule has 0 radical (unpaired) electrons. The Morgan fingerprint density at radius 2 is 1.85 bits per heavy atom. The van der Waals surface area contributed by atoms with Crippen molar-refractivity contribution in [3.05, 3.63) is 27.2 Å². The Bertz CT molecular complexity index is 1190. The van der Waals surface area contributed by atoms with E-state index < -0.39 is 11.9 Å². The minimum atomic E-state index is -0.639. The molecule has 0 aromatic carbocycles. The lowest BCUT2D eigenvalue weighted by atomic mass is 10.0. The van der Waals surface area contributed by atoms with Gasteiger partial charge in [0, 0.05) is 39.7 Å². The number of H-pyrrole nitrogens is 1. The molecule has 15 heteroatoms. The molecule has 0 saturated carbocycles. The third kappa shape index (κ3) is 7.90. The Hall–Kier alpha value is -3.23. The Kier molecular flexibility index (Phi) is 11.1. The lowest BCUT2D eigenvalue weighted by Crippen LogP contribution is -2.55. The highest BCUT2D eigenvalue weighted by Crippen LogP contribution is 2.30. The Morgan fingerprint density at radius 1 is 1.10 bits per heavy atom. The quantitative estimate of drug-likeness (QED) is 0.214. The van der Waals surface area contributed by atoms with Crippen LogP contribution in [0, 0.1) is 0 Å². The van der Waals surface area contributed by atoms with Gasteiger partial charge < -0.3 is 35.3 Å². The van der Waals surface area contributed by atoms with Crippen LogP contribution in [0.3, 0.4) is 0 Å². The van der Waals surface area contributed by atoms with E-state index in [9.17, 15) is 19.2 Å². The molecule has 4 N–H and O–H groups in total. The number of carbonyl (C=O) groups is 4. The molecule has 214 valence electrons. The number of esters is 1. The smallest absolute Gasteiger partial charge is 0.350 e. The highest BCUT2D eigenvalue weighted by atomic mass is 35.5. The molecule has 3 heterocycles. The zero-order chi connectivity index (χ0) is 28.5. The van der Waals surface area contributed by atoms with Gasteiger partial charge in [0.1, 0.15) is 4.88 Å². The minimum Gasteiger partial charge on any atom is -0.462 e. The van der Waals surface area contributed by atoms with E-state index in [1.807, 2.05) is 18.7 Å². The Morgan fingerprint density at radius 3 is 2.49 bits per heavy atom. The molecule has 2 unspecified atom stereocenters. The van der Waals surface area contributed by atoms with Gasteiger partial charge in [-0.1, -0.05) is 29.9 Å². The first-order valence-corrected chi connectivity index (χ1v) is 14.0. The second-order valence-corrected chi connectivity index (χ2v) is 9.99. The van der Waals surface area contributed by atoms with Gasteiger partial charge in [-0.25, -0.2) is 14.8 Å². The van der Waals surface area contributed by atoms with Gasteiger partial charge in [-0.2, -0.15) is 0 Å². The van der Waals surface area contributed by atoms with Crippen LogP contribution in [0.5, 0.6) is 0 Å². The van der Waals surface area contributed by atoms with Crippen LogP contribution in [0.1, 0.15) is 70.6 Å². The van der Waals surface area contributed by atoms with Crippen LogP contribution >= 0.6 is 22.9 Å². The number of rotatable bonds is 12. The van der Waals surface area contributed by atoms with E-state index in [-0.39, 0.29) is 65.2 Å². The first kappa shape index (κ1) is 30.3. The summed E-state index contributed by atoms with van der Waals surface area (Å²) >= 11 is 7.15. The number of ether oxygens (including phenoxy) is 2. The molecule has 1 fully saturated rings. The van der Waals surface area contributed by atoms with E-state index in [0.717, 1.165) is 11.3 Å². The number of amides is 3. The summed E-state index contributed by atoms with van der Waals surface area (Å²) in [5, 5.41) is 8.98. The number of piperidine rings is 1. The number of aromatic amines is 1. The molecule has 13 nitrogen and oxygen atoms in total. The van der Waals surface area contributed by atoms with E-state index in [0.29, 0.717) is 43.4 Å². The van der Waals surface area contributed by atoms with Crippen LogP contribution in [-0.4, -0.2) is 90.2 Å². The summed E-state index contributed by atoms with van der Waals surface area (Å²) in [6.45, 7) is 8.68. The van der Waals surface area contributed by atoms with Crippen molar-refractivity contribution in [3.8, 4) is 0 Å². The van der Waals surface area contributed by atoms with Crippen molar-refractivity contribution in [3.63, 3.8) is 0 Å². The van der Waals surface area contributed by atoms with Crippen LogP contribution in [0.2, 0.25) is 5.15 Å². The van der Waals surface area contributed by atoms with E-state index in [1.165, 1.54) is 6.92 Å². The minimum absolute atomic E-state index is 0.0407. The van der Waals surface area contributed by atoms with E-state index in [4.69, 9.17) is 21.1 Å². The third-order valence-corrected chi connectivity index (χ3v) is 7.31. The highest BCUT2D eigenvalue weighted by molar-refractivity contribution is 7.17. The second-order valence-electron chi connectivity index (χ2n) is 8.65. The molecule has 39 heavy (non-hydrogen) atoms.